The van der Waals surface area contributed by atoms with E-state index in [1.54, 1.807) is 44.2 Å². The first kappa shape index (κ1) is 20.7. The maximum atomic E-state index is 12.5. The van der Waals surface area contributed by atoms with E-state index in [0.717, 1.165) is 0 Å². The average molecular weight is 415 g/mol. The van der Waals surface area contributed by atoms with E-state index in [0.29, 0.717) is 16.9 Å². The van der Waals surface area contributed by atoms with E-state index in [-0.39, 0.29) is 22.4 Å². The van der Waals surface area contributed by atoms with Crippen LogP contribution in [-0.2, 0) is 19.6 Å². The molecule has 1 atom stereocenters. The topological polar surface area (TPSA) is 114 Å². The van der Waals surface area contributed by atoms with Crippen LogP contribution < -0.4 is 10.0 Å². The van der Waals surface area contributed by atoms with E-state index in [4.69, 9.17) is 4.74 Å². The summed E-state index contributed by atoms with van der Waals surface area (Å²) < 4.78 is 32.2. The Morgan fingerprint density at radius 1 is 1.24 bits per heavy atom. The van der Waals surface area contributed by atoms with Crippen LogP contribution in [0.15, 0.2) is 52.4 Å². The molecule has 1 unspecified atom stereocenters. The molecule has 0 saturated heterocycles. The van der Waals surface area contributed by atoms with Gasteiger partial charge in [0.1, 0.15) is 5.92 Å². The summed E-state index contributed by atoms with van der Waals surface area (Å²) in [6.07, 6.45) is 1.40. The smallest absolute Gasteiger partial charge is 0.340 e. The lowest BCUT2D eigenvalue weighted by molar-refractivity contribution is -0.115. The molecule has 0 bridgehead atoms. The number of anilines is 1. The van der Waals surface area contributed by atoms with Crippen molar-refractivity contribution in [2.24, 2.45) is 4.99 Å². The van der Waals surface area contributed by atoms with E-state index in [2.05, 4.69) is 15.0 Å². The summed E-state index contributed by atoms with van der Waals surface area (Å²) in [7, 11) is -2.43. The molecule has 1 aliphatic rings. The van der Waals surface area contributed by atoms with Crippen molar-refractivity contribution >= 4 is 39.5 Å². The fourth-order valence-corrected chi connectivity index (χ4v) is 4.27. The van der Waals surface area contributed by atoms with Crippen molar-refractivity contribution < 1.29 is 22.7 Å². The lowest BCUT2D eigenvalue weighted by atomic mass is 10.0. The largest absolute Gasteiger partial charge is 0.465 e. The SMILES string of the molecule is COC(=O)c1ccccc1N=CC1C(=O)Nc2ccc(S(=O)(=O)NC(C)C)cc21. The molecule has 0 fully saturated rings. The van der Waals surface area contributed by atoms with Gasteiger partial charge >= 0.3 is 5.97 Å². The Bertz CT molecular complexity index is 1090. The van der Waals surface area contributed by atoms with Crippen molar-refractivity contribution in [1.82, 2.24) is 4.72 Å². The standard InChI is InChI=1S/C20H21N3O5S/c1-12(2)23-29(26,27)13-8-9-18-15(10-13)16(19(24)22-18)11-21-17-7-5-4-6-14(17)20(25)28-3/h4-12,16,23H,1-3H3,(H,22,24). The lowest BCUT2D eigenvalue weighted by Gasteiger charge is -2.11. The molecular formula is C20H21N3O5S. The van der Waals surface area contributed by atoms with E-state index in [1.165, 1.54) is 25.5 Å². The molecule has 29 heavy (non-hydrogen) atoms. The summed E-state index contributed by atoms with van der Waals surface area (Å²) in [6.45, 7) is 3.45. The van der Waals surface area contributed by atoms with Crippen molar-refractivity contribution in [2.45, 2.75) is 30.7 Å². The van der Waals surface area contributed by atoms with Gasteiger partial charge in [-0.2, -0.15) is 0 Å². The zero-order chi connectivity index (χ0) is 21.2. The van der Waals surface area contributed by atoms with Crippen LogP contribution in [0, 0.1) is 0 Å². The Kier molecular flexibility index (Phi) is 5.81. The van der Waals surface area contributed by atoms with Crippen molar-refractivity contribution in [2.75, 3.05) is 12.4 Å². The minimum Gasteiger partial charge on any atom is -0.465 e. The normalized spacial score (nSPS) is 16.1. The first-order valence-electron chi connectivity index (χ1n) is 8.91. The number of nitrogens with zero attached hydrogens (tertiary/aromatic N) is 1. The number of para-hydroxylation sites is 1. The van der Waals surface area contributed by atoms with Gasteiger partial charge in [-0.1, -0.05) is 12.1 Å². The number of carbonyl (C=O) groups is 2. The number of esters is 1. The molecule has 0 radical (unpaired) electrons. The number of carbonyl (C=O) groups excluding carboxylic acids is 2. The molecular weight excluding hydrogens is 394 g/mol. The summed E-state index contributed by atoms with van der Waals surface area (Å²) in [5, 5.41) is 2.71. The summed E-state index contributed by atoms with van der Waals surface area (Å²) >= 11 is 0. The van der Waals surface area contributed by atoms with Crippen molar-refractivity contribution in [3.05, 3.63) is 53.6 Å². The van der Waals surface area contributed by atoms with Crippen LogP contribution in [0.4, 0.5) is 11.4 Å². The molecule has 2 N–H and O–H groups in total. The second kappa shape index (κ2) is 8.14. The van der Waals surface area contributed by atoms with Gasteiger partial charge in [-0.05, 0) is 49.7 Å². The number of benzene rings is 2. The summed E-state index contributed by atoms with van der Waals surface area (Å²) in [6, 6.07) is 10.8. The molecule has 0 saturated carbocycles. The maximum absolute atomic E-state index is 12.5. The highest BCUT2D eigenvalue weighted by Gasteiger charge is 2.31. The molecule has 2 aromatic carbocycles. The van der Waals surface area contributed by atoms with Crippen LogP contribution >= 0.6 is 0 Å². The minimum atomic E-state index is -3.71. The third-order valence-electron chi connectivity index (χ3n) is 4.27. The molecule has 8 nitrogen and oxygen atoms in total. The number of hydrogen-bond donors (Lipinski definition) is 2. The third-order valence-corrected chi connectivity index (χ3v) is 5.93. The fourth-order valence-electron chi connectivity index (χ4n) is 2.98. The van der Waals surface area contributed by atoms with Gasteiger partial charge in [0.05, 0.1) is 23.3 Å². The Morgan fingerprint density at radius 2 is 1.97 bits per heavy atom. The summed E-state index contributed by atoms with van der Waals surface area (Å²) in [4.78, 5) is 28.7. The molecule has 3 rings (SSSR count). The summed E-state index contributed by atoms with van der Waals surface area (Å²) in [5.41, 5.74) is 1.64. The second-order valence-electron chi connectivity index (χ2n) is 6.78. The van der Waals surface area contributed by atoms with Crippen LogP contribution in [0.1, 0.15) is 35.7 Å². The Hall–Kier alpha value is -3.04. The lowest BCUT2D eigenvalue weighted by Crippen LogP contribution is -2.30. The maximum Gasteiger partial charge on any atom is 0.340 e. The van der Waals surface area contributed by atoms with Gasteiger partial charge in [-0.15, -0.1) is 0 Å². The first-order valence-corrected chi connectivity index (χ1v) is 10.4. The van der Waals surface area contributed by atoms with Gasteiger partial charge in [0, 0.05) is 17.9 Å². The zero-order valence-corrected chi connectivity index (χ0v) is 17.0. The quantitative estimate of drug-likeness (QED) is 0.556. The first-order chi connectivity index (χ1) is 13.7. The molecule has 0 aromatic heterocycles. The van der Waals surface area contributed by atoms with Gasteiger partial charge < -0.3 is 10.1 Å². The van der Waals surface area contributed by atoms with E-state index in [1.807, 2.05) is 0 Å². The highest BCUT2D eigenvalue weighted by atomic mass is 32.2. The van der Waals surface area contributed by atoms with Gasteiger partial charge in [-0.25, -0.2) is 17.9 Å². The molecule has 1 heterocycles. The van der Waals surface area contributed by atoms with Crippen LogP contribution in [0.3, 0.4) is 0 Å². The molecule has 2 aromatic rings. The Balaban J connectivity index is 1.97. The predicted octanol–water partition coefficient (Wildman–Crippen LogP) is 2.60. The minimum absolute atomic E-state index is 0.0646. The van der Waals surface area contributed by atoms with Crippen molar-refractivity contribution in [3.8, 4) is 0 Å². The zero-order valence-electron chi connectivity index (χ0n) is 16.2. The van der Waals surface area contributed by atoms with Crippen molar-refractivity contribution in [1.29, 1.82) is 0 Å². The van der Waals surface area contributed by atoms with Crippen LogP contribution in [0.25, 0.3) is 0 Å². The predicted molar refractivity (Wildman–Crippen MR) is 109 cm³/mol. The molecule has 152 valence electrons. The number of fused-ring (bicyclic) bond motifs is 1. The number of ether oxygens (including phenoxy) is 1. The van der Waals surface area contributed by atoms with E-state index < -0.39 is 21.9 Å². The molecule has 9 heteroatoms. The number of amides is 1. The van der Waals surface area contributed by atoms with Gasteiger partial charge in [0.2, 0.25) is 15.9 Å². The molecule has 0 aliphatic carbocycles. The molecule has 1 aliphatic heterocycles. The van der Waals surface area contributed by atoms with E-state index in [9.17, 15) is 18.0 Å². The van der Waals surface area contributed by atoms with Crippen LogP contribution in [0.2, 0.25) is 0 Å². The average Bonchev–Trinajstić information content (AvgIpc) is 2.99. The number of aliphatic imine (C=N–C) groups is 1. The highest BCUT2D eigenvalue weighted by molar-refractivity contribution is 7.89. The molecule has 0 spiro atoms. The van der Waals surface area contributed by atoms with Crippen molar-refractivity contribution in [3.63, 3.8) is 0 Å². The summed E-state index contributed by atoms with van der Waals surface area (Å²) in [5.74, 6) is -1.65. The van der Waals surface area contributed by atoms with Crippen LogP contribution in [0.5, 0.6) is 0 Å². The Morgan fingerprint density at radius 3 is 2.66 bits per heavy atom. The van der Waals surface area contributed by atoms with Crippen LogP contribution in [-0.4, -0.2) is 39.7 Å². The third kappa shape index (κ3) is 4.36. The fraction of sp³-hybridized carbons (Fsp3) is 0.250. The van der Waals surface area contributed by atoms with E-state index >= 15 is 0 Å². The second-order valence-corrected chi connectivity index (χ2v) is 8.49. The number of sulfonamides is 1. The number of nitrogens with one attached hydrogen (secondary N) is 2. The number of rotatable bonds is 6. The molecule has 1 amide bonds. The van der Waals surface area contributed by atoms with Gasteiger partial charge in [0.25, 0.3) is 0 Å². The Labute approximate surface area is 169 Å². The number of hydrogen-bond acceptors (Lipinski definition) is 6. The van der Waals surface area contributed by atoms with Gasteiger partial charge in [0.15, 0.2) is 0 Å². The number of methoxy groups -OCH3 is 1. The van der Waals surface area contributed by atoms with Gasteiger partial charge in [-0.3, -0.25) is 9.79 Å². The monoisotopic (exact) mass is 415 g/mol. The highest BCUT2D eigenvalue weighted by Crippen LogP contribution is 2.34.